The number of carbonyl (C=O) groups excluding carboxylic acids is 2. The number of anilines is 1. The number of para-hydroxylation sites is 1. The van der Waals surface area contributed by atoms with Gasteiger partial charge in [0.25, 0.3) is 10.0 Å². The number of amides is 2. The van der Waals surface area contributed by atoms with Gasteiger partial charge in [-0.1, -0.05) is 69.3 Å². The maximum Gasteiger partial charge on any atom is 0.264 e. The van der Waals surface area contributed by atoms with Gasteiger partial charge in [0.05, 0.1) is 10.6 Å². The summed E-state index contributed by atoms with van der Waals surface area (Å²) in [5.41, 5.74) is 0.839. The van der Waals surface area contributed by atoms with Crippen LogP contribution >= 0.6 is 0 Å². The summed E-state index contributed by atoms with van der Waals surface area (Å²) in [4.78, 5) is 28.9. The molecule has 0 bridgehead atoms. The molecule has 0 radical (unpaired) electrons. The van der Waals surface area contributed by atoms with E-state index in [0.717, 1.165) is 4.31 Å². The van der Waals surface area contributed by atoms with Crippen LogP contribution in [-0.4, -0.2) is 44.3 Å². The van der Waals surface area contributed by atoms with Gasteiger partial charge in [-0.25, -0.2) is 12.8 Å². The molecule has 0 aliphatic carbocycles. The third kappa shape index (κ3) is 8.92. The number of hydrogen-bond acceptors (Lipinski definition) is 5. The first kappa shape index (κ1) is 33.2. The van der Waals surface area contributed by atoms with Crippen molar-refractivity contribution in [2.75, 3.05) is 17.4 Å². The zero-order chi connectivity index (χ0) is 32.4. The number of ether oxygens (including phenoxy) is 1. The summed E-state index contributed by atoms with van der Waals surface area (Å²) in [5.74, 6) is -0.0751. The van der Waals surface area contributed by atoms with Crippen molar-refractivity contribution in [2.24, 2.45) is 5.92 Å². The first-order valence-electron chi connectivity index (χ1n) is 14.8. The van der Waals surface area contributed by atoms with Gasteiger partial charge >= 0.3 is 0 Å². The van der Waals surface area contributed by atoms with Gasteiger partial charge in [0.1, 0.15) is 29.9 Å². The summed E-state index contributed by atoms with van der Waals surface area (Å²) < 4.78 is 48.6. The van der Waals surface area contributed by atoms with E-state index in [1.54, 1.807) is 61.5 Å². The van der Waals surface area contributed by atoms with Gasteiger partial charge < -0.3 is 15.0 Å². The standard InChI is InChI=1S/C35H38FN3O5S/c1-4-33(35(41)37-23-26(2)3)38(24-27-15-17-28(36)18-16-27)34(40)25-39(45(42,43)32-13-9-6-10-14-32)29-19-21-31(22-20-29)44-30-11-7-5-8-12-30/h5-22,26,33H,4,23-25H2,1-3H3,(H,37,41)/t33-/m0/s1. The lowest BCUT2D eigenvalue weighted by molar-refractivity contribution is -0.140. The average molecular weight is 632 g/mol. The fourth-order valence-corrected chi connectivity index (χ4v) is 6.12. The van der Waals surface area contributed by atoms with E-state index in [0.29, 0.717) is 23.6 Å². The van der Waals surface area contributed by atoms with E-state index < -0.39 is 34.3 Å². The molecule has 1 N–H and O–H groups in total. The number of nitrogens with zero attached hydrogens (tertiary/aromatic N) is 2. The lowest BCUT2D eigenvalue weighted by Crippen LogP contribution is -2.52. The molecule has 0 fully saturated rings. The van der Waals surface area contributed by atoms with Crippen LogP contribution in [0.25, 0.3) is 0 Å². The number of rotatable bonds is 14. The fraction of sp³-hybridized carbons (Fsp3) is 0.257. The highest BCUT2D eigenvalue weighted by atomic mass is 32.2. The van der Waals surface area contributed by atoms with Gasteiger partial charge in [-0.05, 0) is 78.6 Å². The van der Waals surface area contributed by atoms with E-state index in [4.69, 9.17) is 4.74 Å². The van der Waals surface area contributed by atoms with Crippen molar-refractivity contribution < 1.29 is 27.1 Å². The molecule has 0 saturated heterocycles. The number of carbonyl (C=O) groups is 2. The zero-order valence-electron chi connectivity index (χ0n) is 25.6. The van der Waals surface area contributed by atoms with Crippen LogP contribution in [0, 0.1) is 11.7 Å². The lowest BCUT2D eigenvalue weighted by atomic mass is 10.1. The van der Waals surface area contributed by atoms with Crippen LogP contribution in [0.4, 0.5) is 10.1 Å². The predicted molar refractivity (Wildman–Crippen MR) is 173 cm³/mol. The Bertz CT molecular complexity index is 1650. The maximum atomic E-state index is 14.2. The van der Waals surface area contributed by atoms with E-state index in [9.17, 15) is 22.4 Å². The molecule has 0 aliphatic rings. The van der Waals surface area contributed by atoms with Crippen LogP contribution in [0.2, 0.25) is 0 Å². The Morgan fingerprint density at radius 2 is 1.40 bits per heavy atom. The molecular weight excluding hydrogens is 593 g/mol. The summed E-state index contributed by atoms with van der Waals surface area (Å²) in [5, 5.41) is 2.89. The van der Waals surface area contributed by atoms with Crippen molar-refractivity contribution in [3.63, 3.8) is 0 Å². The van der Waals surface area contributed by atoms with E-state index >= 15 is 0 Å². The Kier molecular flexibility index (Phi) is 11.3. The lowest BCUT2D eigenvalue weighted by Gasteiger charge is -2.33. The third-order valence-electron chi connectivity index (χ3n) is 7.05. The van der Waals surface area contributed by atoms with Crippen molar-refractivity contribution in [3.8, 4) is 11.5 Å². The number of benzene rings is 4. The highest BCUT2D eigenvalue weighted by molar-refractivity contribution is 7.92. The first-order valence-corrected chi connectivity index (χ1v) is 16.2. The smallest absolute Gasteiger partial charge is 0.264 e. The largest absolute Gasteiger partial charge is 0.457 e. The van der Waals surface area contributed by atoms with E-state index in [-0.39, 0.29) is 35.4 Å². The Morgan fingerprint density at radius 3 is 1.98 bits per heavy atom. The topological polar surface area (TPSA) is 96.0 Å². The molecule has 0 saturated carbocycles. The molecule has 8 nitrogen and oxygen atoms in total. The molecule has 2 amide bonds. The molecule has 4 rings (SSSR count). The van der Waals surface area contributed by atoms with Crippen molar-refractivity contribution in [1.82, 2.24) is 10.2 Å². The van der Waals surface area contributed by atoms with E-state index in [2.05, 4.69) is 5.32 Å². The zero-order valence-corrected chi connectivity index (χ0v) is 26.4. The maximum absolute atomic E-state index is 14.2. The fourth-order valence-electron chi connectivity index (χ4n) is 4.68. The molecule has 1 atom stereocenters. The number of halogens is 1. The third-order valence-corrected chi connectivity index (χ3v) is 8.84. The van der Waals surface area contributed by atoms with Crippen molar-refractivity contribution in [3.05, 3.63) is 121 Å². The number of hydrogen-bond donors (Lipinski definition) is 1. The van der Waals surface area contributed by atoms with E-state index in [1.165, 1.54) is 41.3 Å². The number of nitrogens with one attached hydrogen (secondary N) is 1. The Balaban J connectivity index is 1.70. The SMILES string of the molecule is CC[C@@H](C(=O)NCC(C)C)N(Cc1ccc(F)cc1)C(=O)CN(c1ccc(Oc2ccccc2)cc1)S(=O)(=O)c1ccccc1. The molecule has 0 aliphatic heterocycles. The van der Waals surface area contributed by atoms with Crippen LogP contribution in [0.3, 0.4) is 0 Å². The normalized spacial score (nSPS) is 11.9. The molecule has 45 heavy (non-hydrogen) atoms. The van der Waals surface area contributed by atoms with Crippen molar-refractivity contribution in [1.29, 1.82) is 0 Å². The highest BCUT2D eigenvalue weighted by Gasteiger charge is 2.33. The molecule has 236 valence electrons. The molecular formula is C35H38FN3O5S. The van der Waals surface area contributed by atoms with E-state index in [1.807, 2.05) is 32.0 Å². The Hall–Kier alpha value is -4.70. The predicted octanol–water partition coefficient (Wildman–Crippen LogP) is 6.39. The molecule has 10 heteroatoms. The molecule has 4 aromatic carbocycles. The second-order valence-corrected chi connectivity index (χ2v) is 12.8. The van der Waals surface area contributed by atoms with Gasteiger partial charge in [-0.2, -0.15) is 0 Å². The minimum absolute atomic E-state index is 0.00853. The van der Waals surface area contributed by atoms with Crippen molar-refractivity contribution >= 4 is 27.5 Å². The van der Waals surface area contributed by atoms with Crippen molar-refractivity contribution in [2.45, 2.75) is 44.7 Å². The van der Waals surface area contributed by atoms with Gasteiger partial charge in [0, 0.05) is 13.1 Å². The van der Waals surface area contributed by atoms with Gasteiger partial charge in [-0.15, -0.1) is 0 Å². The highest BCUT2D eigenvalue weighted by Crippen LogP contribution is 2.28. The van der Waals surface area contributed by atoms with Crippen LogP contribution in [-0.2, 0) is 26.2 Å². The average Bonchev–Trinajstić information content (AvgIpc) is 3.04. The minimum Gasteiger partial charge on any atom is -0.457 e. The van der Waals surface area contributed by atoms with Gasteiger partial charge in [-0.3, -0.25) is 13.9 Å². The molecule has 0 heterocycles. The Labute approximate surface area is 264 Å². The summed E-state index contributed by atoms with van der Waals surface area (Å²) in [6.45, 7) is 5.53. The summed E-state index contributed by atoms with van der Waals surface area (Å²) in [6.07, 6.45) is 0.286. The van der Waals surface area contributed by atoms with Crippen LogP contribution < -0.4 is 14.4 Å². The van der Waals surface area contributed by atoms with Crippen LogP contribution in [0.1, 0.15) is 32.8 Å². The molecule has 0 aromatic heterocycles. The summed E-state index contributed by atoms with van der Waals surface area (Å²) in [7, 11) is -4.21. The molecule has 0 spiro atoms. The second-order valence-electron chi connectivity index (χ2n) is 10.9. The first-order chi connectivity index (χ1) is 21.6. The summed E-state index contributed by atoms with van der Waals surface area (Å²) >= 11 is 0. The van der Waals surface area contributed by atoms with Gasteiger partial charge in [0.15, 0.2) is 0 Å². The quantitative estimate of drug-likeness (QED) is 0.174. The Morgan fingerprint density at radius 1 is 0.822 bits per heavy atom. The van der Waals surface area contributed by atoms with Gasteiger partial charge in [0.2, 0.25) is 11.8 Å². The molecule has 4 aromatic rings. The number of sulfonamides is 1. The molecule has 0 unspecified atom stereocenters. The second kappa shape index (κ2) is 15.3. The van der Waals surface area contributed by atoms with Crippen LogP contribution in [0.15, 0.2) is 114 Å². The van der Waals surface area contributed by atoms with Crippen LogP contribution in [0.5, 0.6) is 11.5 Å². The monoisotopic (exact) mass is 631 g/mol. The summed E-state index contributed by atoms with van der Waals surface area (Å²) in [6, 6.07) is 28.2. The minimum atomic E-state index is -4.21.